The fourth-order valence-electron chi connectivity index (χ4n) is 1.56. The molecule has 4 nitrogen and oxygen atoms in total. The highest BCUT2D eigenvalue weighted by Gasteiger charge is 2.19. The second-order valence-electron chi connectivity index (χ2n) is 4.56. The smallest absolute Gasteiger partial charge is 0.238 e. The molecule has 1 unspecified atom stereocenters. The molecular formula is C13H19BrN2O2S. The predicted molar refractivity (Wildman–Crippen MR) is 84.6 cm³/mol. The van der Waals surface area contributed by atoms with E-state index in [9.17, 15) is 9.90 Å². The molecule has 1 rings (SSSR count). The van der Waals surface area contributed by atoms with Gasteiger partial charge in [-0.1, -0.05) is 12.1 Å². The molecule has 19 heavy (non-hydrogen) atoms. The molecular weight excluding hydrogens is 328 g/mol. The van der Waals surface area contributed by atoms with E-state index in [-0.39, 0.29) is 12.5 Å². The summed E-state index contributed by atoms with van der Waals surface area (Å²) in [6.45, 7) is 2.31. The Labute approximate surface area is 126 Å². The Balaban J connectivity index is 2.35. The van der Waals surface area contributed by atoms with Crippen molar-refractivity contribution in [2.24, 2.45) is 0 Å². The highest BCUT2D eigenvalue weighted by atomic mass is 79.9. The van der Waals surface area contributed by atoms with E-state index in [0.29, 0.717) is 12.3 Å². The Morgan fingerprint density at radius 3 is 2.79 bits per heavy atom. The van der Waals surface area contributed by atoms with Gasteiger partial charge in [-0.25, -0.2) is 0 Å². The Bertz CT molecular complexity index is 427. The lowest BCUT2D eigenvalue weighted by Crippen LogP contribution is -2.42. The maximum Gasteiger partial charge on any atom is 0.238 e. The van der Waals surface area contributed by atoms with E-state index >= 15 is 0 Å². The highest BCUT2D eigenvalue weighted by Crippen LogP contribution is 2.20. The maximum absolute atomic E-state index is 11.7. The first-order valence-corrected chi connectivity index (χ1v) is 8.10. The number of carbonyl (C=O) groups is 1. The molecule has 0 spiro atoms. The van der Waals surface area contributed by atoms with Crippen LogP contribution in [-0.2, 0) is 4.79 Å². The van der Waals surface area contributed by atoms with E-state index in [1.807, 2.05) is 30.5 Å². The summed E-state index contributed by atoms with van der Waals surface area (Å²) in [7, 11) is 0. The van der Waals surface area contributed by atoms with Crippen molar-refractivity contribution < 1.29 is 9.90 Å². The summed E-state index contributed by atoms with van der Waals surface area (Å²) in [5.41, 5.74) is -0.0577. The molecule has 1 atom stereocenters. The summed E-state index contributed by atoms with van der Waals surface area (Å²) < 4.78 is 0.845. The van der Waals surface area contributed by atoms with Crippen molar-refractivity contribution in [2.75, 3.05) is 30.4 Å². The molecule has 0 aliphatic carbocycles. The maximum atomic E-state index is 11.7. The minimum atomic E-state index is -0.799. The van der Waals surface area contributed by atoms with E-state index in [0.717, 1.165) is 10.2 Å². The first kappa shape index (κ1) is 16.5. The molecule has 0 bridgehead atoms. The molecule has 106 valence electrons. The molecule has 0 aliphatic heterocycles. The number of hydrogen-bond donors (Lipinski definition) is 3. The Morgan fingerprint density at radius 1 is 1.47 bits per heavy atom. The number of halogens is 1. The standard InChI is InChI=1S/C13H19BrN2O2S/c1-13(18,9-19-2)8-15-7-12(17)16-11-6-4-3-5-10(11)14/h3-6,15,18H,7-9H2,1-2H3,(H,16,17). The number of benzene rings is 1. The molecule has 0 fully saturated rings. The van der Waals surface area contributed by atoms with Gasteiger partial charge in [-0.05, 0) is 41.2 Å². The van der Waals surface area contributed by atoms with Gasteiger partial charge >= 0.3 is 0 Å². The number of nitrogens with one attached hydrogen (secondary N) is 2. The monoisotopic (exact) mass is 346 g/mol. The van der Waals surface area contributed by atoms with Crippen molar-refractivity contribution in [3.63, 3.8) is 0 Å². The number of anilines is 1. The number of hydrogen-bond acceptors (Lipinski definition) is 4. The summed E-state index contributed by atoms with van der Waals surface area (Å²) in [5.74, 6) is 0.498. The predicted octanol–water partition coefficient (Wildman–Crippen LogP) is 2.09. The van der Waals surface area contributed by atoms with Gasteiger partial charge < -0.3 is 15.7 Å². The first-order chi connectivity index (χ1) is 8.94. The summed E-state index contributed by atoms with van der Waals surface area (Å²) >= 11 is 4.94. The van der Waals surface area contributed by atoms with Gasteiger partial charge in [-0.2, -0.15) is 11.8 Å². The van der Waals surface area contributed by atoms with Gasteiger partial charge in [0.1, 0.15) is 0 Å². The molecule has 0 saturated heterocycles. The Kier molecular flexibility index (Phi) is 6.85. The second-order valence-corrected chi connectivity index (χ2v) is 6.28. The quantitative estimate of drug-likeness (QED) is 0.707. The third kappa shape index (κ3) is 6.42. The van der Waals surface area contributed by atoms with Crippen molar-refractivity contribution in [2.45, 2.75) is 12.5 Å². The number of thioether (sulfide) groups is 1. The molecule has 1 aromatic rings. The third-order valence-electron chi connectivity index (χ3n) is 2.39. The number of rotatable bonds is 7. The Hall–Kier alpha value is -0.560. The molecule has 0 heterocycles. The lowest BCUT2D eigenvalue weighted by atomic mass is 10.1. The molecule has 0 saturated carbocycles. The van der Waals surface area contributed by atoms with Crippen LogP contribution < -0.4 is 10.6 Å². The molecule has 6 heteroatoms. The van der Waals surface area contributed by atoms with Crippen LogP contribution in [0.15, 0.2) is 28.7 Å². The van der Waals surface area contributed by atoms with Crippen LogP contribution in [0.2, 0.25) is 0 Å². The minimum Gasteiger partial charge on any atom is -0.388 e. The average molecular weight is 347 g/mol. The van der Waals surface area contributed by atoms with Crippen LogP contribution in [0.3, 0.4) is 0 Å². The van der Waals surface area contributed by atoms with E-state index < -0.39 is 5.60 Å². The van der Waals surface area contributed by atoms with Gasteiger partial charge in [0, 0.05) is 16.8 Å². The SMILES string of the molecule is CSCC(C)(O)CNCC(=O)Nc1ccccc1Br. The van der Waals surface area contributed by atoms with Crippen molar-refractivity contribution >= 4 is 39.3 Å². The largest absolute Gasteiger partial charge is 0.388 e. The zero-order valence-electron chi connectivity index (χ0n) is 11.1. The first-order valence-electron chi connectivity index (χ1n) is 5.91. The van der Waals surface area contributed by atoms with E-state index in [1.165, 1.54) is 0 Å². The number of aliphatic hydroxyl groups is 1. The number of amides is 1. The van der Waals surface area contributed by atoms with E-state index in [2.05, 4.69) is 26.6 Å². The second kappa shape index (κ2) is 7.89. The molecule has 3 N–H and O–H groups in total. The lowest BCUT2D eigenvalue weighted by molar-refractivity contribution is -0.115. The van der Waals surface area contributed by atoms with Crippen LogP contribution in [0.25, 0.3) is 0 Å². The van der Waals surface area contributed by atoms with Crippen molar-refractivity contribution in [3.8, 4) is 0 Å². The van der Waals surface area contributed by atoms with E-state index in [1.54, 1.807) is 18.7 Å². The van der Waals surface area contributed by atoms with Crippen LogP contribution in [0, 0.1) is 0 Å². The number of para-hydroxylation sites is 1. The summed E-state index contributed by atoms with van der Waals surface area (Å²) in [6, 6.07) is 7.44. The van der Waals surface area contributed by atoms with Crippen LogP contribution in [0.4, 0.5) is 5.69 Å². The fraction of sp³-hybridized carbons (Fsp3) is 0.462. The molecule has 0 aromatic heterocycles. The van der Waals surface area contributed by atoms with Crippen LogP contribution in [-0.4, -0.2) is 41.7 Å². The molecule has 0 aliphatic rings. The minimum absolute atomic E-state index is 0.133. The lowest BCUT2D eigenvalue weighted by Gasteiger charge is -2.22. The topological polar surface area (TPSA) is 61.4 Å². The van der Waals surface area contributed by atoms with Gasteiger partial charge in [0.25, 0.3) is 0 Å². The van der Waals surface area contributed by atoms with Crippen LogP contribution in [0.1, 0.15) is 6.92 Å². The molecule has 1 aromatic carbocycles. The van der Waals surface area contributed by atoms with Gasteiger partial charge in [0.05, 0.1) is 17.8 Å². The molecule has 0 radical (unpaired) electrons. The molecule has 1 amide bonds. The van der Waals surface area contributed by atoms with Gasteiger partial charge in [-0.3, -0.25) is 4.79 Å². The van der Waals surface area contributed by atoms with Gasteiger partial charge in [0.15, 0.2) is 0 Å². The fourth-order valence-corrected chi connectivity index (χ4v) is 2.67. The normalized spacial score (nSPS) is 13.9. The van der Waals surface area contributed by atoms with Gasteiger partial charge in [-0.15, -0.1) is 0 Å². The zero-order chi connectivity index (χ0) is 14.3. The average Bonchev–Trinajstić information content (AvgIpc) is 2.31. The van der Waals surface area contributed by atoms with Crippen molar-refractivity contribution in [1.82, 2.24) is 5.32 Å². The third-order valence-corrected chi connectivity index (χ3v) is 4.00. The van der Waals surface area contributed by atoms with Crippen LogP contribution >= 0.6 is 27.7 Å². The Morgan fingerprint density at radius 2 is 2.16 bits per heavy atom. The zero-order valence-corrected chi connectivity index (χ0v) is 13.5. The van der Waals surface area contributed by atoms with E-state index in [4.69, 9.17) is 0 Å². The van der Waals surface area contributed by atoms with Crippen molar-refractivity contribution in [3.05, 3.63) is 28.7 Å². The summed E-state index contributed by atoms with van der Waals surface area (Å²) in [6.07, 6.45) is 1.94. The highest BCUT2D eigenvalue weighted by molar-refractivity contribution is 9.10. The van der Waals surface area contributed by atoms with Gasteiger partial charge in [0.2, 0.25) is 5.91 Å². The summed E-state index contributed by atoms with van der Waals surface area (Å²) in [5, 5.41) is 15.7. The van der Waals surface area contributed by atoms with Crippen molar-refractivity contribution in [1.29, 1.82) is 0 Å². The summed E-state index contributed by atoms with van der Waals surface area (Å²) in [4.78, 5) is 11.7. The number of carbonyl (C=O) groups excluding carboxylic acids is 1. The van der Waals surface area contributed by atoms with Crippen LogP contribution in [0.5, 0.6) is 0 Å².